The molecule has 0 radical (unpaired) electrons. The maximum atomic E-state index is 13.4. The molecule has 1 aromatic carbocycles. The maximum absolute atomic E-state index is 13.4. The summed E-state index contributed by atoms with van der Waals surface area (Å²) in [5.41, 5.74) is 0.126. The lowest BCUT2D eigenvalue weighted by atomic mass is 10.3. The van der Waals surface area contributed by atoms with Crippen molar-refractivity contribution in [2.45, 2.75) is 26.4 Å². The molecule has 4 nitrogen and oxygen atoms in total. The number of aromatic nitrogens is 3. The molecule has 2 aromatic rings. The zero-order valence-electron chi connectivity index (χ0n) is 10.0. The van der Waals surface area contributed by atoms with Gasteiger partial charge in [-0.3, -0.25) is 0 Å². The summed E-state index contributed by atoms with van der Waals surface area (Å²) < 4.78 is 28.1. The minimum Gasteiger partial charge on any atom is -0.375 e. The Morgan fingerprint density at radius 2 is 2.17 bits per heavy atom. The van der Waals surface area contributed by atoms with Gasteiger partial charge in [0.2, 0.25) is 0 Å². The fourth-order valence-electron chi connectivity index (χ4n) is 1.64. The topological polar surface area (TPSA) is 42.7 Å². The molecule has 1 aromatic heterocycles. The second-order valence-electron chi connectivity index (χ2n) is 3.85. The summed E-state index contributed by atoms with van der Waals surface area (Å²) in [7, 11) is 0. The van der Waals surface area contributed by atoms with Gasteiger partial charge < -0.3 is 5.32 Å². The highest BCUT2D eigenvalue weighted by Crippen LogP contribution is 2.17. The van der Waals surface area contributed by atoms with Crippen LogP contribution in [0.3, 0.4) is 0 Å². The minimum atomic E-state index is -0.876. The Labute approximate surface area is 104 Å². The molecule has 1 N–H and O–H groups in total. The van der Waals surface area contributed by atoms with Crippen LogP contribution in [-0.2, 0) is 13.1 Å². The van der Waals surface area contributed by atoms with E-state index < -0.39 is 11.6 Å². The summed E-state index contributed by atoms with van der Waals surface area (Å²) >= 11 is 0. The molecule has 1 heterocycles. The first kappa shape index (κ1) is 12.5. The summed E-state index contributed by atoms with van der Waals surface area (Å²) in [6.07, 6.45) is 2.39. The molecule has 0 atom stereocenters. The Kier molecular flexibility index (Phi) is 3.86. The highest BCUT2D eigenvalue weighted by molar-refractivity contribution is 5.44. The van der Waals surface area contributed by atoms with Crippen LogP contribution in [0.15, 0.2) is 24.5 Å². The number of nitrogens with one attached hydrogen (secondary N) is 1. The molecule has 0 aliphatic carbocycles. The van der Waals surface area contributed by atoms with Crippen LogP contribution in [0.25, 0.3) is 0 Å². The van der Waals surface area contributed by atoms with Crippen LogP contribution in [0.1, 0.15) is 19.2 Å². The molecule has 0 saturated heterocycles. The summed E-state index contributed by atoms with van der Waals surface area (Å²) in [5.74, 6) is -1.05. The molecule has 0 fully saturated rings. The Morgan fingerprint density at radius 3 is 2.94 bits per heavy atom. The molecule has 6 heteroatoms. The van der Waals surface area contributed by atoms with Gasteiger partial charge in [0.15, 0.2) is 11.6 Å². The molecule has 0 amide bonds. The predicted octanol–water partition coefficient (Wildman–Crippen LogP) is 2.58. The normalized spacial score (nSPS) is 10.6. The van der Waals surface area contributed by atoms with Crippen LogP contribution in [0.2, 0.25) is 0 Å². The van der Waals surface area contributed by atoms with E-state index in [9.17, 15) is 8.78 Å². The highest BCUT2D eigenvalue weighted by Gasteiger charge is 2.08. The summed E-state index contributed by atoms with van der Waals surface area (Å²) in [6, 6.07) is 4.02. The molecule has 0 aliphatic heterocycles. The Hall–Kier alpha value is -1.98. The van der Waals surface area contributed by atoms with E-state index in [4.69, 9.17) is 0 Å². The third kappa shape index (κ3) is 2.64. The van der Waals surface area contributed by atoms with E-state index in [1.54, 1.807) is 4.68 Å². The number of benzene rings is 1. The van der Waals surface area contributed by atoms with Crippen molar-refractivity contribution >= 4 is 5.69 Å². The van der Waals surface area contributed by atoms with Gasteiger partial charge in [0, 0.05) is 6.54 Å². The fourth-order valence-corrected chi connectivity index (χ4v) is 1.64. The molecule has 0 aliphatic rings. The first-order valence-electron chi connectivity index (χ1n) is 5.77. The van der Waals surface area contributed by atoms with E-state index in [2.05, 4.69) is 15.4 Å². The van der Waals surface area contributed by atoms with Crippen LogP contribution >= 0.6 is 0 Å². The zero-order chi connectivity index (χ0) is 13.0. The molecule has 2 rings (SSSR count). The van der Waals surface area contributed by atoms with Crippen molar-refractivity contribution in [1.82, 2.24) is 14.8 Å². The lowest BCUT2D eigenvalue weighted by Crippen LogP contribution is -2.11. The van der Waals surface area contributed by atoms with Crippen LogP contribution < -0.4 is 5.32 Å². The van der Waals surface area contributed by atoms with Crippen molar-refractivity contribution in [2.75, 3.05) is 5.32 Å². The first-order chi connectivity index (χ1) is 8.72. The molecular weight excluding hydrogens is 238 g/mol. The first-order valence-corrected chi connectivity index (χ1v) is 5.77. The standard InChI is InChI=1S/C12H14F2N4/c1-2-6-18-11(16-8-17-18)7-15-10-5-3-4-9(13)12(10)14/h3-5,8,15H,2,6-7H2,1H3. The van der Waals surface area contributed by atoms with E-state index >= 15 is 0 Å². The maximum Gasteiger partial charge on any atom is 0.181 e. The van der Waals surface area contributed by atoms with Gasteiger partial charge in [-0.2, -0.15) is 5.10 Å². The number of halogens is 2. The summed E-state index contributed by atoms with van der Waals surface area (Å²) in [6.45, 7) is 3.09. The molecule has 96 valence electrons. The Morgan fingerprint density at radius 1 is 1.33 bits per heavy atom. The van der Waals surface area contributed by atoms with Gasteiger partial charge in [0.05, 0.1) is 12.2 Å². The van der Waals surface area contributed by atoms with Crippen molar-refractivity contribution in [3.05, 3.63) is 42.0 Å². The summed E-state index contributed by atoms with van der Waals surface area (Å²) in [5, 5.41) is 6.87. The van der Waals surface area contributed by atoms with E-state index in [0.717, 1.165) is 19.0 Å². The number of anilines is 1. The number of aryl methyl sites for hydroxylation is 1. The number of nitrogens with zero attached hydrogens (tertiary/aromatic N) is 3. The van der Waals surface area contributed by atoms with Crippen LogP contribution in [0, 0.1) is 11.6 Å². The largest absolute Gasteiger partial charge is 0.375 e. The van der Waals surface area contributed by atoms with Gasteiger partial charge in [0.1, 0.15) is 12.2 Å². The second kappa shape index (κ2) is 5.57. The van der Waals surface area contributed by atoms with Crippen molar-refractivity contribution in [3.63, 3.8) is 0 Å². The van der Waals surface area contributed by atoms with Crippen molar-refractivity contribution in [2.24, 2.45) is 0 Å². The Balaban J connectivity index is 2.07. The van der Waals surface area contributed by atoms with E-state index in [1.165, 1.54) is 18.5 Å². The molecule has 0 unspecified atom stereocenters. The van der Waals surface area contributed by atoms with Crippen molar-refractivity contribution < 1.29 is 8.78 Å². The average Bonchev–Trinajstić information content (AvgIpc) is 2.79. The average molecular weight is 252 g/mol. The summed E-state index contributed by atoms with van der Waals surface area (Å²) in [4.78, 5) is 4.08. The third-order valence-electron chi connectivity index (χ3n) is 2.52. The second-order valence-corrected chi connectivity index (χ2v) is 3.85. The molecule has 0 saturated carbocycles. The smallest absolute Gasteiger partial charge is 0.181 e. The molecule has 0 bridgehead atoms. The highest BCUT2D eigenvalue weighted by atomic mass is 19.2. The molecule has 0 spiro atoms. The van der Waals surface area contributed by atoms with Crippen LogP contribution in [0.5, 0.6) is 0 Å². The number of rotatable bonds is 5. The minimum absolute atomic E-state index is 0.126. The van der Waals surface area contributed by atoms with Crippen LogP contribution in [0.4, 0.5) is 14.5 Å². The fraction of sp³-hybridized carbons (Fsp3) is 0.333. The Bertz CT molecular complexity index is 525. The van der Waals surface area contributed by atoms with Gasteiger partial charge in [-0.05, 0) is 18.6 Å². The number of hydrogen-bond acceptors (Lipinski definition) is 3. The van der Waals surface area contributed by atoms with Gasteiger partial charge in [0.25, 0.3) is 0 Å². The molecule has 18 heavy (non-hydrogen) atoms. The zero-order valence-corrected chi connectivity index (χ0v) is 10.0. The van der Waals surface area contributed by atoms with E-state index in [0.29, 0.717) is 12.4 Å². The lowest BCUT2D eigenvalue weighted by Gasteiger charge is -2.08. The van der Waals surface area contributed by atoms with Gasteiger partial charge >= 0.3 is 0 Å². The monoisotopic (exact) mass is 252 g/mol. The van der Waals surface area contributed by atoms with E-state index in [-0.39, 0.29) is 5.69 Å². The van der Waals surface area contributed by atoms with Gasteiger partial charge in [-0.25, -0.2) is 18.4 Å². The van der Waals surface area contributed by atoms with Crippen LogP contribution in [-0.4, -0.2) is 14.8 Å². The van der Waals surface area contributed by atoms with Gasteiger partial charge in [-0.1, -0.05) is 13.0 Å². The third-order valence-corrected chi connectivity index (χ3v) is 2.52. The van der Waals surface area contributed by atoms with Crippen molar-refractivity contribution in [1.29, 1.82) is 0 Å². The molecular formula is C12H14F2N4. The van der Waals surface area contributed by atoms with E-state index in [1.807, 2.05) is 6.92 Å². The SMILES string of the molecule is CCCn1ncnc1CNc1cccc(F)c1F. The number of hydrogen-bond donors (Lipinski definition) is 1. The predicted molar refractivity (Wildman–Crippen MR) is 64.0 cm³/mol. The van der Waals surface area contributed by atoms with Crippen molar-refractivity contribution in [3.8, 4) is 0 Å². The lowest BCUT2D eigenvalue weighted by molar-refractivity contribution is 0.510. The van der Waals surface area contributed by atoms with Gasteiger partial charge in [-0.15, -0.1) is 0 Å². The quantitative estimate of drug-likeness (QED) is 0.889.